The lowest BCUT2D eigenvalue weighted by atomic mass is 10.0. The molecule has 0 spiro atoms. The molecule has 20 heavy (non-hydrogen) atoms. The highest BCUT2D eigenvalue weighted by molar-refractivity contribution is 6.20. The van der Waals surface area contributed by atoms with Crippen molar-refractivity contribution in [1.82, 2.24) is 0 Å². The van der Waals surface area contributed by atoms with E-state index in [1.807, 2.05) is 12.1 Å². The second kappa shape index (κ2) is 7.35. The van der Waals surface area contributed by atoms with Gasteiger partial charge in [0.05, 0.1) is 12.5 Å². The van der Waals surface area contributed by atoms with Crippen molar-refractivity contribution in [3.8, 4) is 5.75 Å². The first-order chi connectivity index (χ1) is 9.72. The first-order valence-electron chi connectivity index (χ1n) is 7.08. The maximum Gasteiger partial charge on any atom is 0.118 e. The second-order valence-corrected chi connectivity index (χ2v) is 5.54. The Kier molecular flexibility index (Phi) is 5.49. The lowest BCUT2D eigenvalue weighted by molar-refractivity contribution is 0.414. The van der Waals surface area contributed by atoms with E-state index in [9.17, 15) is 0 Å². The molecule has 0 radical (unpaired) electrons. The van der Waals surface area contributed by atoms with Gasteiger partial charge in [0.1, 0.15) is 5.75 Å². The zero-order chi connectivity index (χ0) is 14.4. The number of benzene rings is 2. The van der Waals surface area contributed by atoms with Crippen LogP contribution in [-0.4, -0.2) is 7.11 Å². The third kappa shape index (κ3) is 4.01. The van der Waals surface area contributed by atoms with Crippen LogP contribution in [0.1, 0.15) is 35.4 Å². The summed E-state index contributed by atoms with van der Waals surface area (Å²) in [6, 6.07) is 16.7. The fourth-order valence-electron chi connectivity index (χ4n) is 2.27. The van der Waals surface area contributed by atoms with Crippen molar-refractivity contribution in [3.05, 3.63) is 65.2 Å². The summed E-state index contributed by atoms with van der Waals surface area (Å²) in [4.78, 5) is 0. The van der Waals surface area contributed by atoms with E-state index >= 15 is 0 Å². The van der Waals surface area contributed by atoms with Gasteiger partial charge in [-0.15, -0.1) is 11.6 Å². The van der Waals surface area contributed by atoms with Crippen molar-refractivity contribution in [2.24, 2.45) is 0 Å². The number of aryl methyl sites for hydroxylation is 1. The number of halogens is 1. The van der Waals surface area contributed by atoms with Crippen molar-refractivity contribution in [2.45, 2.75) is 31.6 Å². The number of methoxy groups -OCH3 is 1. The number of hydrogen-bond acceptors (Lipinski definition) is 1. The van der Waals surface area contributed by atoms with E-state index in [-0.39, 0.29) is 5.38 Å². The lowest BCUT2D eigenvalue weighted by Gasteiger charge is -2.11. The molecule has 0 saturated carbocycles. The maximum absolute atomic E-state index is 6.51. The van der Waals surface area contributed by atoms with Crippen LogP contribution >= 0.6 is 11.6 Å². The molecule has 1 atom stereocenters. The summed E-state index contributed by atoms with van der Waals surface area (Å²) in [6.45, 7) is 2.20. The lowest BCUT2D eigenvalue weighted by Crippen LogP contribution is -1.96. The summed E-state index contributed by atoms with van der Waals surface area (Å²) in [7, 11) is 1.68. The molecule has 0 N–H and O–H groups in total. The van der Waals surface area contributed by atoms with Gasteiger partial charge in [0.15, 0.2) is 0 Å². The Morgan fingerprint density at radius 1 is 0.950 bits per heavy atom. The Labute approximate surface area is 126 Å². The van der Waals surface area contributed by atoms with Crippen LogP contribution in [0.5, 0.6) is 5.75 Å². The Morgan fingerprint density at radius 2 is 1.55 bits per heavy atom. The van der Waals surface area contributed by atoms with E-state index in [0.29, 0.717) is 0 Å². The predicted molar refractivity (Wildman–Crippen MR) is 85.7 cm³/mol. The number of ether oxygens (including phenoxy) is 1. The van der Waals surface area contributed by atoms with E-state index in [1.54, 1.807) is 7.11 Å². The SMILES string of the molecule is CCCc1ccc(C(Cl)Cc2ccc(OC)cc2)cc1. The van der Waals surface area contributed by atoms with E-state index < -0.39 is 0 Å². The van der Waals surface area contributed by atoms with Crippen LogP contribution in [0.2, 0.25) is 0 Å². The van der Waals surface area contributed by atoms with Gasteiger partial charge in [-0.05, 0) is 41.7 Å². The van der Waals surface area contributed by atoms with Gasteiger partial charge < -0.3 is 4.74 Å². The molecule has 0 aliphatic heterocycles. The largest absolute Gasteiger partial charge is 0.497 e. The predicted octanol–water partition coefficient (Wildman–Crippen LogP) is 5.17. The molecule has 0 fully saturated rings. The van der Waals surface area contributed by atoms with E-state index in [1.165, 1.54) is 23.1 Å². The van der Waals surface area contributed by atoms with Gasteiger partial charge in [-0.3, -0.25) is 0 Å². The van der Waals surface area contributed by atoms with E-state index in [2.05, 4.69) is 43.3 Å². The highest BCUT2D eigenvalue weighted by Crippen LogP contribution is 2.26. The van der Waals surface area contributed by atoms with Crippen molar-refractivity contribution < 1.29 is 4.74 Å². The van der Waals surface area contributed by atoms with Crippen LogP contribution in [0.3, 0.4) is 0 Å². The molecule has 0 aliphatic carbocycles. The Bertz CT molecular complexity index is 516. The molecule has 2 rings (SSSR count). The third-order valence-electron chi connectivity index (χ3n) is 3.45. The number of alkyl halides is 1. The molecule has 1 unspecified atom stereocenters. The average Bonchev–Trinajstić information content (AvgIpc) is 2.49. The highest BCUT2D eigenvalue weighted by atomic mass is 35.5. The van der Waals surface area contributed by atoms with Crippen LogP contribution in [0, 0.1) is 0 Å². The topological polar surface area (TPSA) is 9.23 Å². The van der Waals surface area contributed by atoms with Crippen LogP contribution in [-0.2, 0) is 12.8 Å². The molecule has 0 heterocycles. The second-order valence-electron chi connectivity index (χ2n) is 5.01. The summed E-state index contributed by atoms with van der Waals surface area (Å²) in [6.07, 6.45) is 3.14. The smallest absolute Gasteiger partial charge is 0.118 e. The molecular formula is C18H21ClO. The van der Waals surface area contributed by atoms with Crippen LogP contribution in [0.4, 0.5) is 0 Å². The number of rotatable bonds is 6. The first kappa shape index (κ1) is 14.9. The average molecular weight is 289 g/mol. The Hall–Kier alpha value is -1.47. The molecule has 0 saturated heterocycles. The van der Waals surface area contributed by atoms with Gasteiger partial charge >= 0.3 is 0 Å². The molecule has 0 aliphatic rings. The van der Waals surface area contributed by atoms with Crippen molar-refractivity contribution in [1.29, 1.82) is 0 Å². The van der Waals surface area contributed by atoms with Crippen LogP contribution in [0.15, 0.2) is 48.5 Å². The quantitative estimate of drug-likeness (QED) is 0.666. The van der Waals surface area contributed by atoms with Gasteiger partial charge in [-0.2, -0.15) is 0 Å². The third-order valence-corrected chi connectivity index (χ3v) is 3.86. The zero-order valence-electron chi connectivity index (χ0n) is 12.1. The van der Waals surface area contributed by atoms with E-state index in [4.69, 9.17) is 16.3 Å². The summed E-state index contributed by atoms with van der Waals surface area (Å²) in [5.74, 6) is 0.879. The number of hydrogen-bond donors (Lipinski definition) is 0. The minimum Gasteiger partial charge on any atom is -0.497 e. The molecule has 2 aromatic carbocycles. The fourth-order valence-corrected chi connectivity index (χ4v) is 2.59. The molecule has 2 heteroatoms. The highest BCUT2D eigenvalue weighted by Gasteiger charge is 2.09. The Balaban J connectivity index is 2.01. The summed E-state index contributed by atoms with van der Waals surface area (Å²) >= 11 is 6.51. The molecule has 1 nitrogen and oxygen atoms in total. The maximum atomic E-state index is 6.51. The van der Waals surface area contributed by atoms with E-state index in [0.717, 1.165) is 18.6 Å². The standard InChI is InChI=1S/C18H21ClO/c1-3-4-14-5-9-16(10-6-14)18(19)13-15-7-11-17(20-2)12-8-15/h5-12,18H,3-4,13H2,1-2H3. The molecule has 2 aromatic rings. The molecule has 0 aromatic heterocycles. The monoisotopic (exact) mass is 288 g/mol. The van der Waals surface area contributed by atoms with Gasteiger partial charge in [-0.25, -0.2) is 0 Å². The van der Waals surface area contributed by atoms with Gasteiger partial charge in [0.25, 0.3) is 0 Å². The normalized spacial score (nSPS) is 12.2. The zero-order valence-corrected chi connectivity index (χ0v) is 12.9. The molecule has 106 valence electrons. The van der Waals surface area contributed by atoms with Gasteiger partial charge in [0.2, 0.25) is 0 Å². The minimum atomic E-state index is 0.0130. The summed E-state index contributed by atoms with van der Waals surface area (Å²) in [5.41, 5.74) is 3.79. The molecule has 0 amide bonds. The van der Waals surface area contributed by atoms with Crippen molar-refractivity contribution in [3.63, 3.8) is 0 Å². The van der Waals surface area contributed by atoms with Crippen molar-refractivity contribution >= 4 is 11.6 Å². The van der Waals surface area contributed by atoms with Gasteiger partial charge in [0, 0.05) is 0 Å². The summed E-state index contributed by atoms with van der Waals surface area (Å²) < 4.78 is 5.16. The minimum absolute atomic E-state index is 0.0130. The van der Waals surface area contributed by atoms with Crippen LogP contribution < -0.4 is 4.74 Å². The van der Waals surface area contributed by atoms with Crippen molar-refractivity contribution in [2.75, 3.05) is 7.11 Å². The Morgan fingerprint density at radius 3 is 2.10 bits per heavy atom. The molecular weight excluding hydrogens is 268 g/mol. The fraction of sp³-hybridized carbons (Fsp3) is 0.333. The van der Waals surface area contributed by atoms with Crippen LogP contribution in [0.25, 0.3) is 0 Å². The van der Waals surface area contributed by atoms with Gasteiger partial charge in [-0.1, -0.05) is 49.7 Å². The first-order valence-corrected chi connectivity index (χ1v) is 7.52. The molecule has 0 bridgehead atoms. The summed E-state index contributed by atoms with van der Waals surface area (Å²) in [5, 5.41) is 0.0130.